The summed E-state index contributed by atoms with van der Waals surface area (Å²) < 4.78 is 10.5. The second-order valence-corrected chi connectivity index (χ2v) is 7.39. The Morgan fingerprint density at radius 1 is 1.16 bits per heavy atom. The molecule has 1 saturated heterocycles. The zero-order valence-corrected chi connectivity index (χ0v) is 20.6. The Morgan fingerprint density at radius 2 is 1.90 bits per heavy atom. The first kappa shape index (κ1) is 25.2. The van der Waals surface area contributed by atoms with Crippen LogP contribution >= 0.6 is 24.0 Å². The molecule has 2 N–H and O–H groups in total. The van der Waals surface area contributed by atoms with Crippen molar-refractivity contribution in [2.45, 2.75) is 38.8 Å². The molecule has 1 aliphatic heterocycles. The summed E-state index contributed by atoms with van der Waals surface area (Å²) in [6.45, 7) is 6.26. The number of esters is 1. The van der Waals surface area contributed by atoms with E-state index in [1.165, 1.54) is 26.4 Å². The molecular weight excluding hydrogens is 507 g/mol. The lowest BCUT2D eigenvalue weighted by Crippen LogP contribution is -2.44. The van der Waals surface area contributed by atoms with Crippen LogP contribution in [0.25, 0.3) is 0 Å². The standard InChI is InChI=1S/C23H32N4O3.HI/c1-3-24-23(25-16-18-9-11-19(12-10-18)22(28)29-2)26-17-20(21-8-7-15-30-21)27-13-5-4-6-14-27;/h7-12,15,20H,3-6,13-14,16-17H2,1-2H3,(H2,24,25,26);1H. The van der Waals surface area contributed by atoms with Gasteiger partial charge in [-0.3, -0.25) is 4.90 Å². The van der Waals surface area contributed by atoms with Crippen LogP contribution in [-0.2, 0) is 11.3 Å². The number of hydrogen-bond donors (Lipinski definition) is 2. The third-order valence-electron chi connectivity index (χ3n) is 5.30. The number of ether oxygens (including phenoxy) is 1. The molecule has 31 heavy (non-hydrogen) atoms. The molecule has 3 rings (SSSR count). The fraction of sp³-hybridized carbons (Fsp3) is 0.478. The van der Waals surface area contributed by atoms with Gasteiger partial charge in [0.2, 0.25) is 0 Å². The molecule has 2 heterocycles. The minimum Gasteiger partial charge on any atom is -0.468 e. The summed E-state index contributed by atoms with van der Waals surface area (Å²) in [5.74, 6) is 1.42. The van der Waals surface area contributed by atoms with Crippen molar-refractivity contribution in [2.24, 2.45) is 4.99 Å². The third-order valence-corrected chi connectivity index (χ3v) is 5.30. The predicted octanol–water partition coefficient (Wildman–Crippen LogP) is 3.97. The first-order valence-electron chi connectivity index (χ1n) is 10.7. The average molecular weight is 540 g/mol. The summed E-state index contributed by atoms with van der Waals surface area (Å²) in [6.07, 6.45) is 5.50. The molecule has 0 radical (unpaired) electrons. The molecule has 0 aliphatic carbocycles. The summed E-state index contributed by atoms with van der Waals surface area (Å²) in [6, 6.07) is 11.5. The number of piperidine rings is 1. The second-order valence-electron chi connectivity index (χ2n) is 7.39. The summed E-state index contributed by atoms with van der Waals surface area (Å²) in [4.78, 5) is 18.8. The van der Waals surface area contributed by atoms with Gasteiger partial charge in [0.15, 0.2) is 5.96 Å². The van der Waals surface area contributed by atoms with E-state index >= 15 is 0 Å². The van der Waals surface area contributed by atoms with Gasteiger partial charge in [-0.05, 0) is 62.7 Å². The van der Waals surface area contributed by atoms with E-state index in [0.717, 1.165) is 43.5 Å². The SMILES string of the molecule is CCNC(=NCc1ccc(C(=O)OC)cc1)NCC(c1ccco1)N1CCCCC1.I. The van der Waals surface area contributed by atoms with Crippen molar-refractivity contribution in [3.8, 4) is 0 Å². The van der Waals surface area contributed by atoms with Gasteiger partial charge in [0.05, 0.1) is 31.5 Å². The quantitative estimate of drug-likeness (QED) is 0.229. The molecule has 1 unspecified atom stereocenters. The van der Waals surface area contributed by atoms with Crippen LogP contribution in [0.15, 0.2) is 52.1 Å². The lowest BCUT2D eigenvalue weighted by atomic mass is 10.1. The molecule has 1 aliphatic rings. The normalized spacial score (nSPS) is 15.6. The van der Waals surface area contributed by atoms with Crippen LogP contribution in [-0.4, -0.2) is 50.1 Å². The monoisotopic (exact) mass is 540 g/mol. The van der Waals surface area contributed by atoms with E-state index in [9.17, 15) is 4.79 Å². The Hall–Kier alpha value is -2.07. The maximum absolute atomic E-state index is 11.6. The second kappa shape index (κ2) is 13.4. The summed E-state index contributed by atoms with van der Waals surface area (Å²) in [5.41, 5.74) is 1.57. The van der Waals surface area contributed by atoms with Gasteiger partial charge in [-0.25, -0.2) is 9.79 Å². The number of likely N-dealkylation sites (tertiary alicyclic amines) is 1. The van der Waals surface area contributed by atoms with Gasteiger partial charge in [-0.15, -0.1) is 24.0 Å². The fourth-order valence-corrected chi connectivity index (χ4v) is 3.69. The Bertz CT molecular complexity index is 803. The van der Waals surface area contributed by atoms with Crippen LogP contribution in [0.2, 0.25) is 0 Å². The first-order chi connectivity index (χ1) is 14.7. The highest BCUT2D eigenvalue weighted by molar-refractivity contribution is 14.0. The number of rotatable bonds is 8. The van der Waals surface area contributed by atoms with Gasteiger partial charge in [-0.1, -0.05) is 18.6 Å². The summed E-state index contributed by atoms with van der Waals surface area (Å²) in [7, 11) is 1.38. The van der Waals surface area contributed by atoms with Crippen molar-refractivity contribution in [3.63, 3.8) is 0 Å². The van der Waals surface area contributed by atoms with Crippen LogP contribution in [0.3, 0.4) is 0 Å². The zero-order chi connectivity index (χ0) is 21.2. The van der Waals surface area contributed by atoms with E-state index in [0.29, 0.717) is 12.1 Å². The molecule has 1 aromatic carbocycles. The zero-order valence-electron chi connectivity index (χ0n) is 18.3. The van der Waals surface area contributed by atoms with Crippen LogP contribution in [0.5, 0.6) is 0 Å². The molecule has 0 bridgehead atoms. The Morgan fingerprint density at radius 3 is 2.52 bits per heavy atom. The van der Waals surface area contributed by atoms with Crippen molar-refractivity contribution >= 4 is 35.9 Å². The Kier molecular flexibility index (Phi) is 10.9. The molecule has 1 aromatic heterocycles. The summed E-state index contributed by atoms with van der Waals surface area (Å²) >= 11 is 0. The number of guanidine groups is 1. The lowest BCUT2D eigenvalue weighted by Gasteiger charge is -2.33. The largest absolute Gasteiger partial charge is 0.468 e. The number of furan rings is 1. The van der Waals surface area contributed by atoms with Crippen molar-refractivity contribution in [1.29, 1.82) is 0 Å². The number of halogens is 1. The first-order valence-corrected chi connectivity index (χ1v) is 10.7. The van der Waals surface area contributed by atoms with Crippen LogP contribution in [0, 0.1) is 0 Å². The van der Waals surface area contributed by atoms with E-state index in [1.807, 2.05) is 24.3 Å². The van der Waals surface area contributed by atoms with Crippen LogP contribution < -0.4 is 10.6 Å². The minimum atomic E-state index is -0.332. The minimum absolute atomic E-state index is 0. The number of benzene rings is 1. The van der Waals surface area contributed by atoms with Crippen LogP contribution in [0.1, 0.15) is 53.9 Å². The molecule has 0 spiro atoms. The van der Waals surface area contributed by atoms with Gasteiger partial charge in [0, 0.05) is 13.1 Å². The van der Waals surface area contributed by atoms with E-state index < -0.39 is 0 Å². The van der Waals surface area contributed by atoms with Gasteiger partial charge in [0.25, 0.3) is 0 Å². The van der Waals surface area contributed by atoms with Crippen molar-refractivity contribution < 1.29 is 13.9 Å². The molecule has 0 amide bonds. The molecular formula is C23H33IN4O3. The number of nitrogens with one attached hydrogen (secondary N) is 2. The van der Waals surface area contributed by atoms with E-state index in [-0.39, 0.29) is 36.0 Å². The molecule has 1 atom stereocenters. The van der Waals surface area contributed by atoms with E-state index in [1.54, 1.807) is 18.4 Å². The lowest BCUT2D eigenvalue weighted by molar-refractivity contribution is 0.0600. The predicted molar refractivity (Wildman–Crippen MR) is 133 cm³/mol. The average Bonchev–Trinajstić information content (AvgIpc) is 3.32. The topological polar surface area (TPSA) is 79.1 Å². The number of nitrogens with zero attached hydrogens (tertiary/aromatic N) is 2. The highest BCUT2D eigenvalue weighted by Crippen LogP contribution is 2.24. The van der Waals surface area contributed by atoms with Gasteiger partial charge in [-0.2, -0.15) is 0 Å². The van der Waals surface area contributed by atoms with E-state index in [4.69, 9.17) is 14.1 Å². The number of aliphatic imine (C=N–C) groups is 1. The van der Waals surface area contributed by atoms with Gasteiger partial charge in [0.1, 0.15) is 5.76 Å². The van der Waals surface area contributed by atoms with Crippen molar-refractivity contribution in [2.75, 3.05) is 33.3 Å². The Balaban J connectivity index is 0.00000341. The molecule has 0 saturated carbocycles. The fourth-order valence-electron chi connectivity index (χ4n) is 3.69. The number of carbonyl (C=O) groups excluding carboxylic acids is 1. The number of methoxy groups -OCH3 is 1. The highest BCUT2D eigenvalue weighted by atomic mass is 127. The third kappa shape index (κ3) is 7.53. The smallest absolute Gasteiger partial charge is 0.337 e. The Labute approximate surface area is 201 Å². The molecule has 7 nitrogen and oxygen atoms in total. The van der Waals surface area contributed by atoms with Crippen molar-refractivity contribution in [1.82, 2.24) is 15.5 Å². The number of hydrogen-bond acceptors (Lipinski definition) is 5. The van der Waals surface area contributed by atoms with Gasteiger partial charge >= 0.3 is 5.97 Å². The highest BCUT2D eigenvalue weighted by Gasteiger charge is 2.24. The molecule has 170 valence electrons. The van der Waals surface area contributed by atoms with Crippen molar-refractivity contribution in [3.05, 3.63) is 59.5 Å². The number of carbonyl (C=O) groups is 1. The molecule has 2 aromatic rings. The van der Waals surface area contributed by atoms with Crippen LogP contribution in [0.4, 0.5) is 0 Å². The van der Waals surface area contributed by atoms with Gasteiger partial charge < -0.3 is 19.8 Å². The summed E-state index contributed by atoms with van der Waals surface area (Å²) in [5, 5.41) is 6.79. The van der Waals surface area contributed by atoms with E-state index in [2.05, 4.69) is 22.5 Å². The molecule has 8 heteroatoms. The maximum atomic E-state index is 11.6. The molecule has 1 fully saturated rings. The maximum Gasteiger partial charge on any atom is 0.337 e.